The average molecular weight is 385 g/mol. The molecule has 0 radical (unpaired) electrons. The molecule has 23 heavy (non-hydrogen) atoms. The summed E-state index contributed by atoms with van der Waals surface area (Å²) in [6.07, 6.45) is 2.73. The normalized spacial score (nSPS) is 12.4. The van der Waals surface area contributed by atoms with E-state index in [0.717, 1.165) is 38.6 Å². The molecule has 0 unspecified atom stereocenters. The molecule has 1 aliphatic rings. The van der Waals surface area contributed by atoms with Gasteiger partial charge in [-0.25, -0.2) is 9.98 Å². The highest BCUT2D eigenvalue weighted by Crippen LogP contribution is 2.48. The number of thiazole rings is 1. The molecule has 1 heterocycles. The van der Waals surface area contributed by atoms with Gasteiger partial charge in [-0.05, 0) is 23.3 Å². The highest BCUT2D eigenvalue weighted by atomic mass is 79.9. The number of aliphatic imine (C=N–C) groups is 1. The lowest BCUT2D eigenvalue weighted by molar-refractivity contribution is 0.416. The van der Waals surface area contributed by atoms with Gasteiger partial charge >= 0.3 is 0 Å². The van der Waals surface area contributed by atoms with Crippen molar-refractivity contribution in [1.29, 1.82) is 0 Å². The van der Waals surface area contributed by atoms with Crippen molar-refractivity contribution in [3.8, 4) is 17.0 Å². The van der Waals surface area contributed by atoms with Crippen LogP contribution in [0.4, 0.5) is 5.13 Å². The zero-order valence-electron chi connectivity index (χ0n) is 12.4. The number of methoxy groups -OCH3 is 1. The summed E-state index contributed by atoms with van der Waals surface area (Å²) >= 11 is 5.27. The molecule has 0 fully saturated rings. The van der Waals surface area contributed by atoms with Gasteiger partial charge in [0.1, 0.15) is 5.75 Å². The number of rotatable bonds is 3. The number of hydrogen-bond acceptors (Lipinski definition) is 4. The highest BCUT2D eigenvalue weighted by Gasteiger charge is 2.28. The Labute approximate surface area is 146 Å². The number of fused-ring (bicyclic) bond motifs is 3. The van der Waals surface area contributed by atoms with Gasteiger partial charge in [0.05, 0.1) is 12.8 Å². The molecule has 0 amide bonds. The monoisotopic (exact) mass is 384 g/mol. The molecule has 0 bridgehead atoms. The quantitative estimate of drug-likeness (QED) is 0.452. The molecule has 114 valence electrons. The SMILES string of the molecule is COc1ccc(Br)c2c1-c1nc(N=Cc3ccccc3)sc1C2. The summed E-state index contributed by atoms with van der Waals surface area (Å²) < 4.78 is 6.62. The Hall–Kier alpha value is -1.98. The number of benzene rings is 2. The smallest absolute Gasteiger partial charge is 0.209 e. The summed E-state index contributed by atoms with van der Waals surface area (Å²) in [5, 5.41) is 0.784. The van der Waals surface area contributed by atoms with Gasteiger partial charge in [0.15, 0.2) is 0 Å². The molecular formula is C18H13BrN2OS. The van der Waals surface area contributed by atoms with Crippen LogP contribution in [-0.4, -0.2) is 18.3 Å². The Balaban J connectivity index is 1.72. The maximum absolute atomic E-state index is 5.51. The number of hydrogen-bond donors (Lipinski definition) is 0. The van der Waals surface area contributed by atoms with Crippen molar-refractivity contribution >= 4 is 38.6 Å². The lowest BCUT2D eigenvalue weighted by Crippen LogP contribution is -1.90. The molecular weight excluding hydrogens is 372 g/mol. The summed E-state index contributed by atoms with van der Waals surface area (Å²) in [5.41, 5.74) is 4.41. The van der Waals surface area contributed by atoms with Crippen molar-refractivity contribution in [2.24, 2.45) is 4.99 Å². The summed E-state index contributed by atoms with van der Waals surface area (Å²) in [7, 11) is 1.70. The molecule has 5 heteroatoms. The van der Waals surface area contributed by atoms with Gasteiger partial charge in [0, 0.05) is 27.5 Å². The second kappa shape index (κ2) is 5.91. The lowest BCUT2D eigenvalue weighted by Gasteiger charge is -2.08. The van der Waals surface area contributed by atoms with E-state index in [9.17, 15) is 0 Å². The van der Waals surface area contributed by atoms with Crippen LogP contribution >= 0.6 is 27.3 Å². The number of halogens is 1. The van der Waals surface area contributed by atoms with Crippen LogP contribution in [0.2, 0.25) is 0 Å². The third-order valence-corrected chi connectivity index (χ3v) is 5.53. The van der Waals surface area contributed by atoms with Crippen LogP contribution in [0.1, 0.15) is 16.0 Å². The predicted molar refractivity (Wildman–Crippen MR) is 98.3 cm³/mol. The molecule has 3 aromatic rings. The van der Waals surface area contributed by atoms with E-state index < -0.39 is 0 Å². The van der Waals surface area contributed by atoms with Gasteiger partial charge in [-0.3, -0.25) is 0 Å². The molecule has 2 aromatic carbocycles. The Morgan fingerprint density at radius 3 is 2.83 bits per heavy atom. The predicted octanol–water partition coefficient (Wildman–Crippen LogP) is 5.24. The van der Waals surface area contributed by atoms with Crippen LogP contribution in [0.25, 0.3) is 11.3 Å². The fourth-order valence-corrected chi connectivity index (χ4v) is 4.14. The Kier molecular flexibility index (Phi) is 3.75. The third kappa shape index (κ3) is 2.60. The van der Waals surface area contributed by atoms with Crippen LogP contribution in [0, 0.1) is 0 Å². The highest BCUT2D eigenvalue weighted by molar-refractivity contribution is 9.10. The Morgan fingerprint density at radius 1 is 1.22 bits per heavy atom. The van der Waals surface area contributed by atoms with Crippen molar-refractivity contribution in [3.63, 3.8) is 0 Å². The van der Waals surface area contributed by atoms with Crippen LogP contribution in [0.5, 0.6) is 5.75 Å². The molecule has 0 spiro atoms. The minimum atomic E-state index is 0.784. The molecule has 0 aliphatic heterocycles. The van der Waals surface area contributed by atoms with Crippen LogP contribution in [0.3, 0.4) is 0 Å². The largest absolute Gasteiger partial charge is 0.496 e. The van der Waals surface area contributed by atoms with E-state index in [2.05, 4.69) is 20.9 Å². The van der Waals surface area contributed by atoms with E-state index in [-0.39, 0.29) is 0 Å². The molecule has 0 saturated carbocycles. The number of nitrogens with zero attached hydrogens (tertiary/aromatic N) is 2. The first kappa shape index (κ1) is 14.6. The standard InChI is InChI=1S/C18H13BrN2OS/c1-22-14-8-7-13(19)12-9-15-17(16(12)14)21-18(23-15)20-10-11-5-3-2-4-6-11/h2-8,10H,9H2,1H3. The van der Waals surface area contributed by atoms with Crippen LogP contribution in [0.15, 0.2) is 51.9 Å². The fourth-order valence-electron chi connectivity index (χ4n) is 2.74. The topological polar surface area (TPSA) is 34.5 Å². The fraction of sp³-hybridized carbons (Fsp3) is 0.111. The van der Waals surface area contributed by atoms with Crippen molar-refractivity contribution in [3.05, 3.63) is 62.9 Å². The van der Waals surface area contributed by atoms with E-state index in [1.165, 1.54) is 10.4 Å². The third-order valence-electron chi connectivity index (χ3n) is 3.82. The van der Waals surface area contributed by atoms with Crippen molar-refractivity contribution in [2.45, 2.75) is 6.42 Å². The van der Waals surface area contributed by atoms with Crippen molar-refractivity contribution < 1.29 is 4.74 Å². The Morgan fingerprint density at radius 2 is 2.04 bits per heavy atom. The average Bonchev–Trinajstić information content (AvgIpc) is 3.13. The van der Waals surface area contributed by atoms with Crippen LogP contribution in [-0.2, 0) is 6.42 Å². The van der Waals surface area contributed by atoms with Gasteiger partial charge < -0.3 is 4.74 Å². The summed E-state index contributed by atoms with van der Waals surface area (Å²) in [6.45, 7) is 0. The number of aromatic nitrogens is 1. The van der Waals surface area contributed by atoms with Crippen molar-refractivity contribution in [1.82, 2.24) is 4.98 Å². The van der Waals surface area contributed by atoms with Gasteiger partial charge in [0.2, 0.25) is 5.13 Å². The number of ether oxygens (including phenoxy) is 1. The minimum Gasteiger partial charge on any atom is -0.496 e. The van der Waals surface area contributed by atoms with Gasteiger partial charge in [-0.2, -0.15) is 0 Å². The zero-order chi connectivity index (χ0) is 15.8. The first-order valence-electron chi connectivity index (χ1n) is 7.21. The van der Waals surface area contributed by atoms with E-state index in [0.29, 0.717) is 0 Å². The molecule has 1 aliphatic carbocycles. The molecule has 3 nitrogen and oxygen atoms in total. The van der Waals surface area contributed by atoms with Crippen molar-refractivity contribution in [2.75, 3.05) is 7.11 Å². The summed E-state index contributed by atoms with van der Waals surface area (Å²) in [5.74, 6) is 0.867. The van der Waals surface area contributed by atoms with E-state index in [4.69, 9.17) is 9.72 Å². The van der Waals surface area contributed by atoms with E-state index in [1.807, 2.05) is 48.7 Å². The first-order chi connectivity index (χ1) is 11.3. The zero-order valence-corrected chi connectivity index (χ0v) is 14.8. The molecule has 0 saturated heterocycles. The van der Waals surface area contributed by atoms with E-state index in [1.54, 1.807) is 18.4 Å². The second-order valence-corrected chi connectivity index (χ2v) is 7.13. The maximum atomic E-state index is 5.51. The van der Waals surface area contributed by atoms with Crippen LogP contribution < -0.4 is 4.74 Å². The van der Waals surface area contributed by atoms with Gasteiger partial charge in [0.25, 0.3) is 0 Å². The summed E-state index contributed by atoms with van der Waals surface area (Å²) in [6, 6.07) is 14.1. The molecule has 1 aromatic heterocycles. The van der Waals surface area contributed by atoms with E-state index >= 15 is 0 Å². The molecule has 0 N–H and O–H groups in total. The minimum absolute atomic E-state index is 0.784. The Bertz CT molecular complexity index is 903. The molecule has 0 atom stereocenters. The lowest BCUT2D eigenvalue weighted by atomic mass is 10.1. The maximum Gasteiger partial charge on any atom is 0.209 e. The molecule has 4 rings (SSSR count). The second-order valence-electron chi connectivity index (χ2n) is 5.22. The van der Waals surface area contributed by atoms with Gasteiger partial charge in [-0.15, -0.1) is 0 Å². The van der Waals surface area contributed by atoms with Gasteiger partial charge in [-0.1, -0.05) is 57.6 Å². The summed E-state index contributed by atoms with van der Waals surface area (Å²) in [4.78, 5) is 10.5. The first-order valence-corrected chi connectivity index (χ1v) is 8.82.